The zero-order chi connectivity index (χ0) is 37.7. The number of nitrogens with zero attached hydrogens (tertiary/aromatic N) is 2. The van der Waals surface area contributed by atoms with Crippen LogP contribution in [0.25, 0.3) is 0 Å². The molecule has 0 aromatic heterocycles. The number of guanidine groups is 1. The van der Waals surface area contributed by atoms with Gasteiger partial charge in [0.15, 0.2) is 0 Å². The van der Waals surface area contributed by atoms with Crippen molar-refractivity contribution < 1.29 is 24.2 Å². The Morgan fingerprint density at radius 2 is 1.36 bits per heavy atom. The number of hydrogen-bond acceptors (Lipinski definition) is 8. The molecule has 0 atom stereocenters. The number of anilines is 2. The molecule has 4 aromatic carbocycles. The van der Waals surface area contributed by atoms with E-state index in [4.69, 9.17) is 14.5 Å². The molecule has 0 fully saturated rings. The van der Waals surface area contributed by atoms with Crippen molar-refractivity contribution in [2.24, 2.45) is 9.98 Å². The standard InChI is InChI=1S/C41H49N7O5/c1-4-30(2)38(46-36-17-11-16-34(28-36)40(51)44-29-32-12-7-5-8-13-32)48-41(47-35-18-20-37(49)21-19-35)45-31(3)42-22-24-52-26-27-53-25-23-43-39(50)33-14-9-6-10-15-33/h5-21,28,46,49H,4,22-27,29H2,1-3H3,(H,43,50)(H,44,51)(H2,42,45,47,48)/b38-30+. The number of allylic oxidation sites excluding steroid dienone is 1. The summed E-state index contributed by atoms with van der Waals surface area (Å²) >= 11 is 0. The molecule has 4 aromatic rings. The Hall–Kier alpha value is -5.98. The van der Waals surface area contributed by atoms with Crippen molar-refractivity contribution in [2.45, 2.75) is 33.7 Å². The molecule has 0 aliphatic rings. The van der Waals surface area contributed by atoms with Crippen LogP contribution in [0, 0.1) is 0 Å². The monoisotopic (exact) mass is 719 g/mol. The average molecular weight is 720 g/mol. The van der Waals surface area contributed by atoms with Gasteiger partial charge in [0.05, 0.1) is 38.8 Å². The smallest absolute Gasteiger partial charge is 0.251 e. The van der Waals surface area contributed by atoms with Crippen LogP contribution in [-0.4, -0.2) is 68.2 Å². The molecule has 53 heavy (non-hydrogen) atoms. The zero-order valence-electron chi connectivity index (χ0n) is 30.5. The van der Waals surface area contributed by atoms with Crippen LogP contribution in [-0.2, 0) is 16.0 Å². The van der Waals surface area contributed by atoms with Gasteiger partial charge in [0, 0.05) is 35.6 Å². The molecule has 0 saturated heterocycles. The van der Waals surface area contributed by atoms with Crippen LogP contribution < -0.4 is 26.6 Å². The fourth-order valence-electron chi connectivity index (χ4n) is 4.77. The molecule has 4 rings (SSSR count). The molecule has 0 saturated carbocycles. The van der Waals surface area contributed by atoms with Crippen molar-refractivity contribution >= 4 is 35.0 Å². The number of phenols is 1. The molecule has 2 amide bonds. The summed E-state index contributed by atoms with van der Waals surface area (Å²) in [6.07, 6.45) is 0.728. The molecule has 0 unspecified atom stereocenters. The van der Waals surface area contributed by atoms with E-state index < -0.39 is 0 Å². The number of amidine groups is 1. The molecule has 0 spiro atoms. The molecule has 0 bridgehead atoms. The van der Waals surface area contributed by atoms with Gasteiger partial charge in [-0.3, -0.25) is 14.6 Å². The number of nitrogens with one attached hydrogen (secondary N) is 5. The van der Waals surface area contributed by atoms with E-state index in [1.807, 2.05) is 81.4 Å². The van der Waals surface area contributed by atoms with Crippen molar-refractivity contribution in [1.82, 2.24) is 16.0 Å². The van der Waals surface area contributed by atoms with Crippen molar-refractivity contribution in [1.29, 1.82) is 0 Å². The van der Waals surface area contributed by atoms with Gasteiger partial charge < -0.3 is 41.2 Å². The molecular weight excluding hydrogens is 670 g/mol. The predicted octanol–water partition coefficient (Wildman–Crippen LogP) is 6.31. The quantitative estimate of drug-likeness (QED) is 0.0302. The maximum atomic E-state index is 13.0. The summed E-state index contributed by atoms with van der Waals surface area (Å²) in [6, 6.07) is 32.7. The second kappa shape index (κ2) is 22.1. The number of benzene rings is 4. The van der Waals surface area contributed by atoms with Gasteiger partial charge >= 0.3 is 0 Å². The lowest BCUT2D eigenvalue weighted by Gasteiger charge is -2.16. The average Bonchev–Trinajstić information content (AvgIpc) is 3.18. The fraction of sp³-hybridized carbons (Fsp3) is 0.268. The van der Waals surface area contributed by atoms with Crippen LogP contribution in [0.5, 0.6) is 5.75 Å². The van der Waals surface area contributed by atoms with Crippen LogP contribution in [0.15, 0.2) is 131 Å². The lowest BCUT2D eigenvalue weighted by atomic mass is 10.1. The van der Waals surface area contributed by atoms with Crippen LogP contribution in [0.4, 0.5) is 11.4 Å². The summed E-state index contributed by atoms with van der Waals surface area (Å²) in [5.41, 5.74) is 4.55. The van der Waals surface area contributed by atoms with E-state index in [0.717, 1.165) is 17.6 Å². The lowest BCUT2D eigenvalue weighted by molar-refractivity contribution is 0.0512. The van der Waals surface area contributed by atoms with Gasteiger partial charge in [-0.15, -0.1) is 0 Å². The first-order chi connectivity index (χ1) is 25.8. The van der Waals surface area contributed by atoms with Crippen LogP contribution in [0.3, 0.4) is 0 Å². The minimum Gasteiger partial charge on any atom is -0.508 e. The number of carbonyl (C=O) groups excluding carboxylic acids is 2. The Kier molecular flexibility index (Phi) is 16.6. The molecule has 12 nitrogen and oxygen atoms in total. The number of hydrogen-bond donors (Lipinski definition) is 6. The molecule has 6 N–H and O–H groups in total. The first kappa shape index (κ1) is 39.8. The summed E-state index contributed by atoms with van der Waals surface area (Å²) in [7, 11) is 0. The number of aliphatic imine (C=N–C) groups is 2. The van der Waals surface area contributed by atoms with E-state index in [9.17, 15) is 14.7 Å². The first-order valence-corrected chi connectivity index (χ1v) is 17.6. The maximum absolute atomic E-state index is 13.0. The number of phenolic OH excluding ortho intramolecular Hbond substituents is 1. The van der Waals surface area contributed by atoms with E-state index in [-0.39, 0.29) is 17.6 Å². The third-order valence-corrected chi connectivity index (χ3v) is 7.80. The number of amides is 2. The normalized spacial score (nSPS) is 12.1. The van der Waals surface area contributed by atoms with E-state index >= 15 is 0 Å². The lowest BCUT2D eigenvalue weighted by Crippen LogP contribution is -2.35. The van der Waals surface area contributed by atoms with E-state index in [0.29, 0.717) is 86.2 Å². The predicted molar refractivity (Wildman–Crippen MR) is 211 cm³/mol. The van der Waals surface area contributed by atoms with Gasteiger partial charge in [-0.05, 0) is 86.0 Å². The molecule has 0 aliphatic carbocycles. The van der Waals surface area contributed by atoms with Gasteiger partial charge in [-0.25, -0.2) is 0 Å². The number of carbonyl (C=O) groups is 2. The minimum atomic E-state index is -0.178. The SMILES string of the molecule is CC/C(C)=C(/N=C(\NC(C)=NCCOCCOCCNC(=O)c1ccccc1)Nc1ccc(O)cc1)Nc1cccc(C(=O)NCc2ccccc2)c1. The van der Waals surface area contributed by atoms with Crippen LogP contribution in [0.1, 0.15) is 53.5 Å². The zero-order valence-corrected chi connectivity index (χ0v) is 30.5. The summed E-state index contributed by atoms with van der Waals surface area (Å²) in [6.45, 7) is 8.69. The Morgan fingerprint density at radius 1 is 0.698 bits per heavy atom. The maximum Gasteiger partial charge on any atom is 0.251 e. The van der Waals surface area contributed by atoms with Crippen molar-refractivity contribution in [3.05, 3.63) is 137 Å². The Bertz CT molecular complexity index is 1830. The van der Waals surface area contributed by atoms with Crippen molar-refractivity contribution in [2.75, 3.05) is 50.2 Å². The third-order valence-electron chi connectivity index (χ3n) is 7.80. The second-order valence-electron chi connectivity index (χ2n) is 11.9. The molecule has 0 radical (unpaired) electrons. The highest BCUT2D eigenvalue weighted by atomic mass is 16.5. The third kappa shape index (κ3) is 14.6. The Labute approximate surface area is 311 Å². The largest absolute Gasteiger partial charge is 0.508 e. The van der Waals surface area contributed by atoms with Crippen LogP contribution >= 0.6 is 0 Å². The Morgan fingerprint density at radius 3 is 2.08 bits per heavy atom. The first-order valence-electron chi connectivity index (χ1n) is 17.6. The highest BCUT2D eigenvalue weighted by Crippen LogP contribution is 2.19. The van der Waals surface area contributed by atoms with Gasteiger partial charge in [0.2, 0.25) is 5.96 Å². The summed E-state index contributed by atoms with van der Waals surface area (Å²) in [5, 5.41) is 25.5. The number of rotatable bonds is 18. The van der Waals surface area contributed by atoms with Gasteiger partial charge in [0.1, 0.15) is 11.6 Å². The van der Waals surface area contributed by atoms with E-state index in [1.165, 1.54) is 0 Å². The van der Waals surface area contributed by atoms with Gasteiger partial charge in [-0.2, -0.15) is 4.99 Å². The highest BCUT2D eigenvalue weighted by Gasteiger charge is 2.11. The second-order valence-corrected chi connectivity index (χ2v) is 11.9. The summed E-state index contributed by atoms with van der Waals surface area (Å²) in [5.74, 6) is 1.44. The molecule has 0 aliphatic heterocycles. The Balaban J connectivity index is 1.32. The van der Waals surface area contributed by atoms with Gasteiger partial charge in [-0.1, -0.05) is 61.5 Å². The molecular formula is C41H49N7O5. The van der Waals surface area contributed by atoms with Crippen LogP contribution in [0.2, 0.25) is 0 Å². The van der Waals surface area contributed by atoms with Crippen molar-refractivity contribution in [3.8, 4) is 5.75 Å². The van der Waals surface area contributed by atoms with E-state index in [1.54, 1.807) is 48.5 Å². The minimum absolute atomic E-state index is 0.131. The van der Waals surface area contributed by atoms with Crippen molar-refractivity contribution in [3.63, 3.8) is 0 Å². The molecule has 0 heterocycles. The highest BCUT2D eigenvalue weighted by molar-refractivity contribution is 6.05. The molecule has 278 valence electrons. The number of aromatic hydroxyl groups is 1. The van der Waals surface area contributed by atoms with E-state index in [2.05, 4.69) is 31.6 Å². The summed E-state index contributed by atoms with van der Waals surface area (Å²) in [4.78, 5) is 34.6. The summed E-state index contributed by atoms with van der Waals surface area (Å²) < 4.78 is 11.2. The van der Waals surface area contributed by atoms with Gasteiger partial charge in [0.25, 0.3) is 11.8 Å². The topological polar surface area (TPSA) is 158 Å². The number of ether oxygens (including phenoxy) is 2. The fourth-order valence-corrected chi connectivity index (χ4v) is 4.77. The molecule has 12 heteroatoms.